The number of nitrogens with zero attached hydrogens (tertiary/aromatic N) is 2. The molecule has 1 unspecified atom stereocenters. The van der Waals surface area contributed by atoms with Gasteiger partial charge in [-0.3, -0.25) is 24.6 Å². The second-order valence-electron chi connectivity index (χ2n) is 7.47. The van der Waals surface area contributed by atoms with Gasteiger partial charge in [0.1, 0.15) is 12.1 Å². The van der Waals surface area contributed by atoms with Gasteiger partial charge in [0.25, 0.3) is 5.91 Å². The van der Waals surface area contributed by atoms with E-state index in [-0.39, 0.29) is 12.5 Å². The number of imide groups is 1. The summed E-state index contributed by atoms with van der Waals surface area (Å²) >= 11 is 5.29. The van der Waals surface area contributed by atoms with Crippen LogP contribution in [0.5, 0.6) is 0 Å². The predicted molar refractivity (Wildman–Crippen MR) is 117 cm³/mol. The average Bonchev–Trinajstić information content (AvgIpc) is 3.21. The van der Waals surface area contributed by atoms with Crippen molar-refractivity contribution in [2.24, 2.45) is 0 Å². The fourth-order valence-corrected chi connectivity index (χ4v) is 3.58. The van der Waals surface area contributed by atoms with E-state index in [1.54, 1.807) is 35.8 Å². The molecule has 1 saturated heterocycles. The molecule has 1 fully saturated rings. The Bertz CT molecular complexity index is 1250. The van der Waals surface area contributed by atoms with Crippen LogP contribution in [0.4, 0.5) is 10.5 Å². The van der Waals surface area contributed by atoms with Crippen LogP contribution in [0.15, 0.2) is 48.5 Å². The first kappa shape index (κ1) is 20.5. The van der Waals surface area contributed by atoms with Gasteiger partial charge in [-0.15, -0.1) is 0 Å². The molecule has 3 aromatic rings. The summed E-state index contributed by atoms with van der Waals surface area (Å²) < 4.78 is 1.95. The third kappa shape index (κ3) is 3.97. The normalized spacial score (nSPS) is 17.9. The second kappa shape index (κ2) is 7.80. The monoisotopic (exact) mass is 436 g/mol. The van der Waals surface area contributed by atoms with E-state index in [2.05, 4.69) is 26.1 Å². The van der Waals surface area contributed by atoms with Gasteiger partial charge in [0, 0.05) is 11.3 Å². The lowest BCUT2D eigenvalue weighted by atomic mass is 9.92. The van der Waals surface area contributed by atoms with Crippen LogP contribution in [-0.2, 0) is 21.7 Å². The molecule has 1 aromatic heterocycles. The van der Waals surface area contributed by atoms with Crippen LogP contribution < -0.4 is 16.0 Å². The summed E-state index contributed by atoms with van der Waals surface area (Å²) in [7, 11) is 0. The minimum absolute atomic E-state index is 0.0444. The topological polar surface area (TPSA) is 121 Å². The smallest absolute Gasteiger partial charge is 0.322 e. The highest BCUT2D eigenvalue weighted by atomic mass is 32.1. The average molecular weight is 436 g/mol. The number of aromatic nitrogens is 3. The number of hydrogen-bond donors (Lipinski definition) is 4. The molecule has 0 aliphatic carbocycles. The van der Waals surface area contributed by atoms with Crippen molar-refractivity contribution in [2.45, 2.75) is 25.9 Å². The van der Waals surface area contributed by atoms with Gasteiger partial charge >= 0.3 is 6.03 Å². The standard InChI is InChI=1S/C21H20N6O3S/c1-12-6-8-13(9-7-12)17-25-26-20(31)27(17)11-16(28)22-15-5-3-4-14(10-15)21(2)18(29)23-19(30)24-21/h3-10H,11H2,1-2H3,(H,22,28)(H,26,31)(H2,23,24,29,30). The molecule has 31 heavy (non-hydrogen) atoms. The number of urea groups is 1. The Morgan fingerprint density at radius 1 is 1.19 bits per heavy atom. The zero-order valence-corrected chi connectivity index (χ0v) is 17.7. The fourth-order valence-electron chi connectivity index (χ4n) is 3.39. The number of benzene rings is 2. The van der Waals surface area contributed by atoms with Crippen LogP contribution in [0.1, 0.15) is 18.1 Å². The van der Waals surface area contributed by atoms with Crippen molar-refractivity contribution < 1.29 is 14.4 Å². The van der Waals surface area contributed by atoms with Crippen LogP contribution >= 0.6 is 12.2 Å². The maximum absolute atomic E-state index is 12.7. The number of carbonyl (C=O) groups excluding carboxylic acids is 3. The van der Waals surface area contributed by atoms with Gasteiger partial charge in [-0.25, -0.2) is 4.79 Å². The highest BCUT2D eigenvalue weighted by molar-refractivity contribution is 7.71. The number of hydrogen-bond acceptors (Lipinski definition) is 5. The van der Waals surface area contributed by atoms with E-state index >= 15 is 0 Å². The molecule has 10 heteroatoms. The maximum atomic E-state index is 12.7. The number of nitrogens with one attached hydrogen (secondary N) is 4. The first-order valence-corrected chi connectivity index (χ1v) is 9.93. The number of aryl methyl sites for hydroxylation is 1. The number of anilines is 1. The van der Waals surface area contributed by atoms with Gasteiger partial charge in [-0.05, 0) is 43.8 Å². The zero-order valence-electron chi connectivity index (χ0n) is 16.9. The maximum Gasteiger partial charge on any atom is 0.322 e. The molecule has 0 spiro atoms. The van der Waals surface area contributed by atoms with Gasteiger partial charge < -0.3 is 10.6 Å². The molecule has 4 N–H and O–H groups in total. The second-order valence-corrected chi connectivity index (χ2v) is 7.85. The molecule has 4 amide bonds. The highest BCUT2D eigenvalue weighted by Gasteiger charge is 2.43. The van der Waals surface area contributed by atoms with Crippen LogP contribution in [0.3, 0.4) is 0 Å². The van der Waals surface area contributed by atoms with E-state index in [1.807, 2.05) is 31.2 Å². The molecule has 4 rings (SSSR count). The van der Waals surface area contributed by atoms with Crippen molar-refractivity contribution in [1.82, 2.24) is 25.4 Å². The Kier molecular flexibility index (Phi) is 5.15. The Morgan fingerprint density at radius 2 is 1.94 bits per heavy atom. The number of amides is 4. The minimum Gasteiger partial charge on any atom is -0.325 e. The molecule has 9 nitrogen and oxygen atoms in total. The van der Waals surface area contributed by atoms with Crippen LogP contribution in [0.25, 0.3) is 11.4 Å². The number of aromatic amines is 1. The molecule has 0 radical (unpaired) electrons. The third-order valence-corrected chi connectivity index (χ3v) is 5.45. The summed E-state index contributed by atoms with van der Waals surface area (Å²) in [4.78, 5) is 36.5. The molecule has 2 aromatic carbocycles. The minimum atomic E-state index is -1.20. The van der Waals surface area contributed by atoms with Crippen molar-refractivity contribution >= 4 is 35.8 Å². The van der Waals surface area contributed by atoms with Crippen LogP contribution in [-0.4, -0.2) is 32.6 Å². The lowest BCUT2D eigenvalue weighted by molar-refractivity contribution is -0.123. The SMILES string of the molecule is Cc1ccc(-c2n[nH]c(=S)n2CC(=O)Nc2cccc(C3(C)NC(=O)NC3=O)c2)cc1. The predicted octanol–water partition coefficient (Wildman–Crippen LogP) is 2.61. The highest BCUT2D eigenvalue weighted by Crippen LogP contribution is 2.26. The van der Waals surface area contributed by atoms with E-state index < -0.39 is 17.5 Å². The summed E-state index contributed by atoms with van der Waals surface area (Å²) in [6.45, 7) is 3.55. The lowest BCUT2D eigenvalue weighted by Crippen LogP contribution is -2.40. The Labute approximate surface area is 182 Å². The zero-order chi connectivity index (χ0) is 22.2. The van der Waals surface area contributed by atoms with Gasteiger partial charge in [-0.2, -0.15) is 5.10 Å². The molecule has 1 aliphatic rings. The van der Waals surface area contributed by atoms with E-state index in [1.165, 1.54) is 0 Å². The Balaban J connectivity index is 1.54. The lowest BCUT2D eigenvalue weighted by Gasteiger charge is -2.21. The first-order valence-electron chi connectivity index (χ1n) is 9.52. The van der Waals surface area contributed by atoms with Crippen molar-refractivity contribution in [1.29, 1.82) is 0 Å². The summed E-state index contributed by atoms with van der Waals surface area (Å²) in [6, 6.07) is 14.0. The van der Waals surface area contributed by atoms with Gasteiger partial charge in [0.2, 0.25) is 5.91 Å². The van der Waals surface area contributed by atoms with E-state index in [0.717, 1.165) is 11.1 Å². The number of H-pyrrole nitrogens is 1. The van der Waals surface area contributed by atoms with Gasteiger partial charge in [0.05, 0.1) is 0 Å². The van der Waals surface area contributed by atoms with Crippen molar-refractivity contribution in [3.8, 4) is 11.4 Å². The van der Waals surface area contributed by atoms with Crippen molar-refractivity contribution in [3.63, 3.8) is 0 Å². The molecule has 158 valence electrons. The van der Waals surface area contributed by atoms with E-state index in [0.29, 0.717) is 21.8 Å². The number of carbonyl (C=O) groups is 3. The van der Waals surface area contributed by atoms with Gasteiger partial charge in [-0.1, -0.05) is 42.0 Å². The summed E-state index contributed by atoms with van der Waals surface area (Å²) in [6.07, 6.45) is 0. The van der Waals surface area contributed by atoms with E-state index in [9.17, 15) is 14.4 Å². The molecular weight excluding hydrogens is 416 g/mol. The molecule has 1 aliphatic heterocycles. The summed E-state index contributed by atoms with van der Waals surface area (Å²) in [5, 5.41) is 14.6. The van der Waals surface area contributed by atoms with Crippen molar-refractivity contribution in [2.75, 3.05) is 5.32 Å². The van der Waals surface area contributed by atoms with Crippen LogP contribution in [0.2, 0.25) is 0 Å². The van der Waals surface area contributed by atoms with E-state index in [4.69, 9.17) is 12.2 Å². The summed E-state index contributed by atoms with van der Waals surface area (Å²) in [5.74, 6) is -0.201. The number of rotatable bonds is 5. The van der Waals surface area contributed by atoms with Crippen LogP contribution in [0, 0.1) is 11.7 Å². The largest absolute Gasteiger partial charge is 0.325 e. The molecule has 1 atom stereocenters. The molecular formula is C21H20N6O3S. The Hall–Kier alpha value is -3.79. The molecule has 2 heterocycles. The quantitative estimate of drug-likeness (QED) is 0.362. The summed E-state index contributed by atoms with van der Waals surface area (Å²) in [5.41, 5.74) is 1.79. The fraction of sp³-hybridized carbons (Fsp3) is 0.190. The first-order chi connectivity index (χ1) is 14.8. The third-order valence-electron chi connectivity index (χ3n) is 5.14. The Morgan fingerprint density at radius 3 is 2.61 bits per heavy atom. The van der Waals surface area contributed by atoms with Crippen molar-refractivity contribution in [3.05, 3.63) is 64.4 Å². The molecule has 0 bridgehead atoms. The molecule has 0 saturated carbocycles. The van der Waals surface area contributed by atoms with Gasteiger partial charge in [0.15, 0.2) is 10.6 Å².